The highest BCUT2D eigenvalue weighted by atomic mass is 16.4. The number of nitrogens with zero attached hydrogens (tertiary/aromatic N) is 3. The molecule has 0 bridgehead atoms. The first-order valence-corrected chi connectivity index (χ1v) is 6.49. The molecule has 1 N–H and O–H groups in total. The van der Waals surface area contributed by atoms with Crippen LogP contribution < -0.4 is 0 Å². The fourth-order valence-electron chi connectivity index (χ4n) is 2.52. The van der Waals surface area contributed by atoms with Crippen molar-refractivity contribution in [2.75, 3.05) is 13.1 Å². The van der Waals surface area contributed by atoms with Crippen LogP contribution >= 0.6 is 0 Å². The summed E-state index contributed by atoms with van der Waals surface area (Å²) in [4.78, 5) is 25.1. The minimum atomic E-state index is -0.831. The Morgan fingerprint density at radius 2 is 2.16 bits per heavy atom. The van der Waals surface area contributed by atoms with E-state index >= 15 is 0 Å². The van der Waals surface area contributed by atoms with Gasteiger partial charge in [-0.2, -0.15) is 5.10 Å². The molecule has 0 radical (unpaired) electrons. The van der Waals surface area contributed by atoms with Gasteiger partial charge < -0.3 is 10.0 Å². The van der Waals surface area contributed by atoms with Crippen molar-refractivity contribution in [1.29, 1.82) is 0 Å². The average molecular weight is 265 g/mol. The molecule has 1 aromatic heterocycles. The van der Waals surface area contributed by atoms with Crippen LogP contribution in [0, 0.1) is 11.8 Å². The zero-order valence-electron chi connectivity index (χ0n) is 11.5. The molecule has 6 nitrogen and oxygen atoms in total. The molecule has 0 unspecified atom stereocenters. The Labute approximate surface area is 112 Å². The molecule has 104 valence electrons. The van der Waals surface area contributed by atoms with Crippen molar-refractivity contribution < 1.29 is 14.7 Å². The van der Waals surface area contributed by atoms with E-state index in [4.69, 9.17) is 5.11 Å². The summed E-state index contributed by atoms with van der Waals surface area (Å²) >= 11 is 0. The highest BCUT2D eigenvalue weighted by Gasteiger charge is 2.37. The van der Waals surface area contributed by atoms with Crippen molar-refractivity contribution in [2.24, 2.45) is 18.9 Å². The Hall–Kier alpha value is -1.85. The second kappa shape index (κ2) is 5.03. The van der Waals surface area contributed by atoms with Crippen LogP contribution in [-0.4, -0.2) is 44.8 Å². The maximum absolute atomic E-state index is 12.4. The van der Waals surface area contributed by atoms with E-state index in [-0.39, 0.29) is 18.4 Å². The third kappa shape index (κ3) is 2.47. The number of aryl methyl sites for hydroxylation is 2. The number of aliphatic carboxylic acids is 1. The van der Waals surface area contributed by atoms with Crippen LogP contribution in [0.1, 0.15) is 30.0 Å². The molecule has 1 saturated heterocycles. The second-order valence-electron chi connectivity index (χ2n) is 5.13. The first-order chi connectivity index (χ1) is 8.93. The molecule has 1 fully saturated rings. The van der Waals surface area contributed by atoms with Gasteiger partial charge in [0.25, 0.3) is 5.91 Å². The number of carboxylic acid groups (broad SMARTS) is 1. The van der Waals surface area contributed by atoms with Gasteiger partial charge in [-0.3, -0.25) is 14.3 Å². The number of carbonyl (C=O) groups is 2. The number of aromatic nitrogens is 2. The molecule has 1 aliphatic heterocycles. The fourth-order valence-corrected chi connectivity index (χ4v) is 2.52. The van der Waals surface area contributed by atoms with Gasteiger partial charge in [0.15, 0.2) is 0 Å². The van der Waals surface area contributed by atoms with Crippen LogP contribution in [0.4, 0.5) is 0 Å². The molecule has 0 aliphatic carbocycles. The Bertz CT molecular complexity index is 509. The summed E-state index contributed by atoms with van der Waals surface area (Å²) in [5.41, 5.74) is 1.39. The predicted molar refractivity (Wildman–Crippen MR) is 68.8 cm³/mol. The van der Waals surface area contributed by atoms with E-state index in [2.05, 4.69) is 5.10 Å². The van der Waals surface area contributed by atoms with E-state index in [1.54, 1.807) is 22.7 Å². The number of rotatable bonds is 3. The predicted octanol–water partition coefficient (Wildman–Crippen LogP) is 0.775. The Morgan fingerprint density at radius 3 is 2.63 bits per heavy atom. The van der Waals surface area contributed by atoms with Gasteiger partial charge in [0.2, 0.25) is 0 Å². The number of carboxylic acids is 1. The van der Waals surface area contributed by atoms with Crippen molar-refractivity contribution in [2.45, 2.75) is 20.3 Å². The lowest BCUT2D eigenvalue weighted by Gasteiger charge is -2.15. The van der Waals surface area contributed by atoms with Crippen LogP contribution in [0.15, 0.2) is 6.07 Å². The van der Waals surface area contributed by atoms with Crippen LogP contribution in [0.3, 0.4) is 0 Å². The highest BCUT2D eigenvalue weighted by Crippen LogP contribution is 2.24. The molecule has 0 spiro atoms. The molecule has 0 saturated carbocycles. The van der Waals surface area contributed by atoms with Crippen molar-refractivity contribution in [1.82, 2.24) is 14.7 Å². The zero-order chi connectivity index (χ0) is 14.2. The maximum Gasteiger partial charge on any atom is 0.308 e. The van der Waals surface area contributed by atoms with Crippen molar-refractivity contribution >= 4 is 11.9 Å². The molecule has 0 aromatic carbocycles. The third-order valence-corrected chi connectivity index (χ3v) is 3.73. The van der Waals surface area contributed by atoms with Crippen LogP contribution in [0.5, 0.6) is 0 Å². The molecule has 2 rings (SSSR count). The van der Waals surface area contributed by atoms with Gasteiger partial charge in [-0.15, -0.1) is 0 Å². The standard InChI is InChI=1S/C13H19N3O3/c1-4-9-5-11(15(3)14-9)12(17)16-6-8(2)10(7-16)13(18)19/h5,8,10H,4,6-7H2,1-3H3,(H,18,19)/t8-,10-/m1/s1. The molecule has 6 heteroatoms. The smallest absolute Gasteiger partial charge is 0.308 e. The van der Waals surface area contributed by atoms with Gasteiger partial charge in [-0.1, -0.05) is 13.8 Å². The van der Waals surface area contributed by atoms with Gasteiger partial charge in [0, 0.05) is 20.1 Å². The molecular weight excluding hydrogens is 246 g/mol. The lowest BCUT2D eigenvalue weighted by molar-refractivity contribution is -0.142. The number of carbonyl (C=O) groups excluding carboxylic acids is 1. The number of amides is 1. The summed E-state index contributed by atoms with van der Waals surface area (Å²) in [6.07, 6.45) is 0.773. The minimum absolute atomic E-state index is 0.0136. The van der Waals surface area contributed by atoms with E-state index in [1.165, 1.54) is 0 Å². The van der Waals surface area contributed by atoms with Gasteiger partial charge in [0.05, 0.1) is 11.6 Å². The van der Waals surface area contributed by atoms with E-state index < -0.39 is 11.9 Å². The van der Waals surface area contributed by atoms with Gasteiger partial charge in [0.1, 0.15) is 5.69 Å². The Kier molecular flexibility index (Phi) is 3.59. The molecule has 1 amide bonds. The van der Waals surface area contributed by atoms with Crippen LogP contribution in [0.2, 0.25) is 0 Å². The normalized spacial score (nSPS) is 22.8. The Morgan fingerprint density at radius 1 is 1.47 bits per heavy atom. The quantitative estimate of drug-likeness (QED) is 0.876. The molecule has 19 heavy (non-hydrogen) atoms. The van der Waals surface area contributed by atoms with E-state index in [9.17, 15) is 9.59 Å². The van der Waals surface area contributed by atoms with Crippen LogP contribution in [-0.2, 0) is 18.3 Å². The number of hydrogen-bond donors (Lipinski definition) is 1. The maximum atomic E-state index is 12.4. The monoisotopic (exact) mass is 265 g/mol. The molecule has 2 atom stereocenters. The van der Waals surface area contributed by atoms with E-state index in [1.807, 2.05) is 13.8 Å². The van der Waals surface area contributed by atoms with Crippen LogP contribution in [0.25, 0.3) is 0 Å². The van der Waals surface area contributed by atoms with Gasteiger partial charge in [-0.25, -0.2) is 0 Å². The molecule has 1 aliphatic rings. The van der Waals surface area contributed by atoms with Crippen molar-refractivity contribution in [3.05, 3.63) is 17.5 Å². The van der Waals surface area contributed by atoms with E-state index in [0.29, 0.717) is 12.2 Å². The fraction of sp³-hybridized carbons (Fsp3) is 0.615. The Balaban J connectivity index is 2.17. The molecule has 1 aromatic rings. The number of likely N-dealkylation sites (tertiary alicyclic amines) is 1. The summed E-state index contributed by atoms with van der Waals surface area (Å²) in [7, 11) is 1.74. The summed E-state index contributed by atoms with van der Waals surface area (Å²) in [5, 5.41) is 13.3. The lowest BCUT2D eigenvalue weighted by Crippen LogP contribution is -2.31. The summed E-state index contributed by atoms with van der Waals surface area (Å²) < 4.78 is 1.57. The number of hydrogen-bond acceptors (Lipinski definition) is 3. The first kappa shape index (κ1) is 13.6. The second-order valence-corrected chi connectivity index (χ2v) is 5.13. The largest absolute Gasteiger partial charge is 0.481 e. The molecule has 2 heterocycles. The zero-order valence-corrected chi connectivity index (χ0v) is 11.5. The summed E-state index contributed by atoms with van der Waals surface area (Å²) in [6.45, 7) is 4.62. The minimum Gasteiger partial charge on any atom is -0.481 e. The van der Waals surface area contributed by atoms with Gasteiger partial charge >= 0.3 is 5.97 Å². The highest BCUT2D eigenvalue weighted by molar-refractivity contribution is 5.93. The topological polar surface area (TPSA) is 75.4 Å². The summed E-state index contributed by atoms with van der Waals surface area (Å²) in [5.74, 6) is -1.45. The summed E-state index contributed by atoms with van der Waals surface area (Å²) in [6, 6.07) is 1.78. The van der Waals surface area contributed by atoms with Gasteiger partial charge in [-0.05, 0) is 18.4 Å². The molecular formula is C13H19N3O3. The lowest BCUT2D eigenvalue weighted by atomic mass is 9.99. The van der Waals surface area contributed by atoms with Crippen molar-refractivity contribution in [3.63, 3.8) is 0 Å². The van der Waals surface area contributed by atoms with Crippen molar-refractivity contribution in [3.8, 4) is 0 Å². The SMILES string of the molecule is CCc1cc(C(=O)N2C[C@@H](C)[C@H](C(=O)O)C2)n(C)n1. The van der Waals surface area contributed by atoms with E-state index in [0.717, 1.165) is 12.1 Å². The third-order valence-electron chi connectivity index (χ3n) is 3.73. The average Bonchev–Trinajstić information content (AvgIpc) is 2.91. The first-order valence-electron chi connectivity index (χ1n) is 6.49.